The molecule has 1 N–H and O–H groups in total. The maximum Gasteiger partial charge on any atom is 0.430 e. The summed E-state index contributed by atoms with van der Waals surface area (Å²) in [5.41, 5.74) is -2.48. The van der Waals surface area contributed by atoms with Gasteiger partial charge >= 0.3 is 6.18 Å². The molecule has 2 nitrogen and oxygen atoms in total. The Labute approximate surface area is 99.3 Å². The van der Waals surface area contributed by atoms with Gasteiger partial charge < -0.3 is 5.32 Å². The van der Waals surface area contributed by atoms with Gasteiger partial charge in [0.15, 0.2) is 0 Å². The van der Waals surface area contributed by atoms with Crippen molar-refractivity contribution in [1.29, 1.82) is 5.26 Å². The Morgan fingerprint density at radius 1 is 1.28 bits per heavy atom. The molecule has 0 radical (unpaired) electrons. The van der Waals surface area contributed by atoms with Gasteiger partial charge in [-0.05, 0) is 13.0 Å². The van der Waals surface area contributed by atoms with E-state index >= 15 is 0 Å². The number of rotatable bonds is 2. The smallest absolute Gasteiger partial charge is 0.349 e. The van der Waals surface area contributed by atoms with E-state index in [1.54, 1.807) is 5.32 Å². The van der Waals surface area contributed by atoms with E-state index in [0.717, 1.165) is 6.92 Å². The van der Waals surface area contributed by atoms with Crippen molar-refractivity contribution < 1.29 is 22.0 Å². The molecule has 0 unspecified atom stereocenters. The lowest BCUT2D eigenvalue weighted by Gasteiger charge is -2.14. The number of nitrogens with one attached hydrogen (secondary N) is 1. The van der Waals surface area contributed by atoms with Crippen molar-refractivity contribution in [3.05, 3.63) is 41.1 Å². The van der Waals surface area contributed by atoms with E-state index in [1.165, 1.54) is 6.07 Å². The summed E-state index contributed by atoms with van der Waals surface area (Å²) < 4.78 is 63.6. The molecule has 0 atom stereocenters. The van der Waals surface area contributed by atoms with E-state index in [9.17, 15) is 22.0 Å². The second-order valence-corrected chi connectivity index (χ2v) is 3.25. The van der Waals surface area contributed by atoms with Crippen molar-refractivity contribution in [2.75, 3.05) is 5.32 Å². The standard InChI is InChI=1S/C11H7F5N2/c1-2-10(11(14,15)16)18-9-4-7(12)6(5-17)3-8(9)13/h2-4,18H,1H3. The van der Waals surface area contributed by atoms with Gasteiger partial charge in [0.2, 0.25) is 0 Å². The Hall–Kier alpha value is -2.10. The van der Waals surface area contributed by atoms with Gasteiger partial charge in [-0.15, -0.1) is 0 Å². The van der Waals surface area contributed by atoms with Gasteiger partial charge in [-0.1, -0.05) is 6.08 Å². The predicted octanol–water partition coefficient (Wildman–Crippen LogP) is 3.71. The lowest BCUT2D eigenvalue weighted by Crippen LogP contribution is -2.19. The zero-order valence-corrected chi connectivity index (χ0v) is 9.07. The third-order valence-corrected chi connectivity index (χ3v) is 2.04. The first-order valence-electron chi connectivity index (χ1n) is 4.69. The van der Waals surface area contributed by atoms with Gasteiger partial charge in [-0.2, -0.15) is 18.4 Å². The third-order valence-electron chi connectivity index (χ3n) is 2.04. The van der Waals surface area contributed by atoms with Gasteiger partial charge in [0.05, 0.1) is 11.3 Å². The molecule has 0 saturated carbocycles. The van der Waals surface area contributed by atoms with Crippen LogP contribution in [0.25, 0.3) is 0 Å². The van der Waals surface area contributed by atoms with E-state index in [0.29, 0.717) is 18.2 Å². The van der Waals surface area contributed by atoms with Gasteiger partial charge in [0.25, 0.3) is 0 Å². The molecule has 1 aromatic rings. The van der Waals surface area contributed by atoms with Crippen LogP contribution >= 0.6 is 0 Å². The Morgan fingerprint density at radius 2 is 1.89 bits per heavy atom. The highest BCUT2D eigenvalue weighted by Crippen LogP contribution is 2.28. The van der Waals surface area contributed by atoms with Crippen molar-refractivity contribution in [2.24, 2.45) is 0 Å². The summed E-state index contributed by atoms with van der Waals surface area (Å²) in [6, 6.07) is 2.41. The molecule has 96 valence electrons. The summed E-state index contributed by atoms with van der Waals surface area (Å²) in [6.07, 6.45) is -4.01. The Kier molecular flexibility index (Phi) is 3.91. The third kappa shape index (κ3) is 2.97. The van der Waals surface area contributed by atoms with Crippen molar-refractivity contribution in [3.63, 3.8) is 0 Å². The molecule has 0 bridgehead atoms. The molecule has 0 fully saturated rings. The van der Waals surface area contributed by atoms with Crippen molar-refractivity contribution in [3.8, 4) is 6.07 Å². The zero-order valence-electron chi connectivity index (χ0n) is 9.07. The predicted molar refractivity (Wildman–Crippen MR) is 54.5 cm³/mol. The first-order chi connectivity index (χ1) is 8.29. The molecule has 0 spiro atoms. The number of alkyl halides is 3. The molecule has 0 aliphatic carbocycles. The second-order valence-electron chi connectivity index (χ2n) is 3.25. The molecule has 1 aromatic carbocycles. The number of anilines is 1. The van der Waals surface area contributed by atoms with Gasteiger partial charge in [-0.25, -0.2) is 8.78 Å². The lowest BCUT2D eigenvalue weighted by atomic mass is 10.2. The molecule has 0 heterocycles. The maximum atomic E-state index is 13.3. The number of nitriles is 1. The minimum absolute atomic E-state index is 0.503. The highest BCUT2D eigenvalue weighted by molar-refractivity contribution is 5.53. The molecule has 0 saturated heterocycles. The normalized spacial score (nSPS) is 12.2. The van der Waals surface area contributed by atoms with E-state index in [2.05, 4.69) is 0 Å². The van der Waals surface area contributed by atoms with Crippen LogP contribution in [0.3, 0.4) is 0 Å². The molecule has 7 heteroatoms. The topological polar surface area (TPSA) is 35.8 Å². The number of hydrogen-bond acceptors (Lipinski definition) is 2. The lowest BCUT2D eigenvalue weighted by molar-refractivity contribution is -0.0903. The second kappa shape index (κ2) is 5.04. The average Bonchev–Trinajstić information content (AvgIpc) is 2.27. The number of allylic oxidation sites excluding steroid dienone is 2. The van der Waals surface area contributed by atoms with Crippen molar-refractivity contribution in [2.45, 2.75) is 13.1 Å². The first-order valence-corrected chi connectivity index (χ1v) is 4.69. The summed E-state index contributed by atoms with van der Waals surface area (Å²) in [7, 11) is 0. The van der Waals surface area contributed by atoms with E-state index in [1.807, 2.05) is 0 Å². The summed E-state index contributed by atoms with van der Waals surface area (Å²) >= 11 is 0. The largest absolute Gasteiger partial charge is 0.430 e. The SMILES string of the molecule is CC=C(Nc1cc(F)c(C#N)cc1F)C(F)(F)F. The van der Waals surface area contributed by atoms with Crippen LogP contribution in [0.15, 0.2) is 23.9 Å². The fraction of sp³-hybridized carbons (Fsp3) is 0.182. The molecule has 0 aromatic heterocycles. The Balaban J connectivity index is 3.14. The van der Waals surface area contributed by atoms with Crippen molar-refractivity contribution >= 4 is 5.69 Å². The van der Waals surface area contributed by atoms with Gasteiger partial charge in [0.1, 0.15) is 23.4 Å². The summed E-state index contributed by atoms with van der Waals surface area (Å²) in [4.78, 5) is 0. The van der Waals surface area contributed by atoms with E-state index in [-0.39, 0.29) is 0 Å². The summed E-state index contributed by atoms with van der Waals surface area (Å²) in [5.74, 6) is -2.24. The average molecular weight is 262 g/mol. The number of nitrogens with zero attached hydrogens (tertiary/aromatic N) is 1. The Morgan fingerprint density at radius 3 is 2.33 bits per heavy atom. The van der Waals surface area contributed by atoms with Crippen LogP contribution in [0.1, 0.15) is 12.5 Å². The molecular weight excluding hydrogens is 255 g/mol. The zero-order chi connectivity index (χ0) is 13.9. The molecule has 0 aliphatic heterocycles. The highest BCUT2D eigenvalue weighted by atomic mass is 19.4. The van der Waals surface area contributed by atoms with E-state index in [4.69, 9.17) is 5.26 Å². The fourth-order valence-electron chi connectivity index (χ4n) is 1.18. The van der Waals surface area contributed by atoms with Crippen LogP contribution in [0.4, 0.5) is 27.6 Å². The van der Waals surface area contributed by atoms with Gasteiger partial charge in [-0.3, -0.25) is 0 Å². The van der Waals surface area contributed by atoms with Crippen LogP contribution in [-0.4, -0.2) is 6.18 Å². The number of hydrogen-bond donors (Lipinski definition) is 1. The molecule has 1 rings (SSSR count). The minimum Gasteiger partial charge on any atom is -0.349 e. The van der Waals surface area contributed by atoms with Crippen LogP contribution in [0.5, 0.6) is 0 Å². The molecule has 0 amide bonds. The monoisotopic (exact) mass is 262 g/mol. The molecule has 18 heavy (non-hydrogen) atoms. The highest BCUT2D eigenvalue weighted by Gasteiger charge is 2.33. The first kappa shape index (κ1) is 14.0. The summed E-state index contributed by atoms with van der Waals surface area (Å²) in [5, 5.41) is 10.2. The van der Waals surface area contributed by atoms with Crippen LogP contribution in [0.2, 0.25) is 0 Å². The van der Waals surface area contributed by atoms with Crippen LogP contribution in [0, 0.1) is 23.0 Å². The quantitative estimate of drug-likeness (QED) is 0.824. The van der Waals surface area contributed by atoms with Crippen LogP contribution in [-0.2, 0) is 0 Å². The summed E-state index contributed by atoms with van der Waals surface area (Å²) in [6.45, 7) is 1.10. The molecular formula is C11H7F5N2. The fourth-order valence-corrected chi connectivity index (χ4v) is 1.18. The van der Waals surface area contributed by atoms with Crippen molar-refractivity contribution in [1.82, 2.24) is 0 Å². The van der Waals surface area contributed by atoms with E-state index < -0.39 is 34.8 Å². The Bertz CT molecular complexity index is 525. The van der Waals surface area contributed by atoms with Crippen LogP contribution < -0.4 is 5.32 Å². The number of benzene rings is 1. The van der Waals surface area contributed by atoms with Gasteiger partial charge in [0, 0.05) is 6.07 Å². The molecule has 0 aliphatic rings. The maximum absolute atomic E-state index is 13.3. The minimum atomic E-state index is -4.70. The number of halogens is 5.